The van der Waals surface area contributed by atoms with Crippen molar-refractivity contribution in [3.05, 3.63) is 72.3 Å². The summed E-state index contributed by atoms with van der Waals surface area (Å²) in [6.45, 7) is -0.166. The van der Waals surface area contributed by atoms with Crippen LogP contribution in [0, 0.1) is 0 Å². The molecule has 0 aliphatic carbocycles. The monoisotopic (exact) mass is 381 g/mol. The van der Waals surface area contributed by atoms with E-state index in [9.17, 15) is 21.6 Å². The van der Waals surface area contributed by atoms with Crippen LogP contribution < -0.4 is 9.46 Å². The molecule has 8 heteroatoms. The van der Waals surface area contributed by atoms with Crippen LogP contribution in [0.15, 0.2) is 71.6 Å². The molecule has 0 amide bonds. The smallest absolute Gasteiger partial charge is 0.406 e. The van der Waals surface area contributed by atoms with Crippen LogP contribution in [0.4, 0.5) is 13.2 Å². The van der Waals surface area contributed by atoms with Gasteiger partial charge in [-0.1, -0.05) is 48.5 Å². The van der Waals surface area contributed by atoms with Gasteiger partial charge in [0.05, 0.1) is 4.90 Å². The van der Waals surface area contributed by atoms with E-state index in [1.165, 1.54) is 18.2 Å². The van der Waals surface area contributed by atoms with E-state index >= 15 is 0 Å². The molecule has 0 aliphatic rings. The molecule has 0 spiro atoms. The number of rotatable bonds is 5. The van der Waals surface area contributed by atoms with Crippen LogP contribution in [0.3, 0.4) is 0 Å². The van der Waals surface area contributed by atoms with Crippen LogP contribution >= 0.6 is 0 Å². The zero-order valence-electron chi connectivity index (χ0n) is 13.3. The Morgan fingerprint density at radius 3 is 2.38 bits per heavy atom. The molecule has 0 unspecified atom stereocenters. The maximum absolute atomic E-state index is 12.6. The Morgan fingerprint density at radius 1 is 0.923 bits per heavy atom. The minimum Gasteiger partial charge on any atom is -0.406 e. The molecule has 0 saturated heterocycles. The Kier molecular flexibility index (Phi) is 4.88. The highest BCUT2D eigenvalue weighted by Crippen LogP contribution is 2.25. The molecule has 3 rings (SSSR count). The third-order valence-electron chi connectivity index (χ3n) is 3.64. The lowest BCUT2D eigenvalue weighted by molar-refractivity contribution is -0.274. The second-order valence-electron chi connectivity index (χ2n) is 5.50. The van der Waals surface area contributed by atoms with Gasteiger partial charge in [-0.25, -0.2) is 13.1 Å². The van der Waals surface area contributed by atoms with Crippen LogP contribution in [-0.2, 0) is 16.6 Å². The van der Waals surface area contributed by atoms with Crippen LogP contribution in [0.25, 0.3) is 10.8 Å². The average Bonchev–Trinajstić information content (AvgIpc) is 2.58. The maximum Gasteiger partial charge on any atom is 0.573 e. The van der Waals surface area contributed by atoms with Crippen molar-refractivity contribution in [2.24, 2.45) is 0 Å². The third-order valence-corrected chi connectivity index (χ3v) is 5.10. The summed E-state index contributed by atoms with van der Waals surface area (Å²) in [6.07, 6.45) is -4.80. The summed E-state index contributed by atoms with van der Waals surface area (Å²) in [6, 6.07) is 17.1. The first-order chi connectivity index (χ1) is 12.2. The molecule has 1 N–H and O–H groups in total. The SMILES string of the molecule is O=S(=O)(NCc1cccc(OC(F)(F)F)c1)c1cccc2ccccc12. The number of fused-ring (bicyclic) bond motifs is 1. The molecular formula is C18H14F3NO3S. The minimum atomic E-state index is -4.80. The van der Waals surface area contributed by atoms with Crippen molar-refractivity contribution in [2.45, 2.75) is 17.8 Å². The predicted molar refractivity (Wildman–Crippen MR) is 91.1 cm³/mol. The van der Waals surface area contributed by atoms with Crippen molar-refractivity contribution in [1.29, 1.82) is 0 Å². The van der Waals surface area contributed by atoms with Gasteiger partial charge in [-0.2, -0.15) is 0 Å². The summed E-state index contributed by atoms with van der Waals surface area (Å²) in [5, 5.41) is 1.34. The molecule has 0 radical (unpaired) electrons. The predicted octanol–water partition coefficient (Wildman–Crippen LogP) is 4.22. The van der Waals surface area contributed by atoms with Crippen molar-refractivity contribution in [3.63, 3.8) is 0 Å². The highest BCUT2D eigenvalue weighted by molar-refractivity contribution is 7.89. The molecule has 3 aromatic carbocycles. The number of ether oxygens (including phenoxy) is 1. The van der Waals surface area contributed by atoms with Crippen LogP contribution in [0.2, 0.25) is 0 Å². The van der Waals surface area contributed by atoms with E-state index in [4.69, 9.17) is 0 Å². The number of benzene rings is 3. The molecule has 0 aliphatic heterocycles. The number of alkyl halides is 3. The van der Waals surface area contributed by atoms with E-state index < -0.39 is 22.1 Å². The fourth-order valence-electron chi connectivity index (χ4n) is 2.54. The van der Waals surface area contributed by atoms with Crippen molar-refractivity contribution in [3.8, 4) is 5.75 Å². The lowest BCUT2D eigenvalue weighted by atomic mass is 10.1. The van der Waals surface area contributed by atoms with Gasteiger partial charge in [-0.05, 0) is 29.1 Å². The van der Waals surface area contributed by atoms with Gasteiger partial charge in [0, 0.05) is 11.9 Å². The molecule has 26 heavy (non-hydrogen) atoms. The Balaban J connectivity index is 1.82. The van der Waals surface area contributed by atoms with Gasteiger partial charge in [0.2, 0.25) is 10.0 Å². The summed E-state index contributed by atoms with van der Waals surface area (Å²) < 4.78 is 68.3. The van der Waals surface area contributed by atoms with E-state index in [0.717, 1.165) is 17.5 Å². The maximum atomic E-state index is 12.6. The van der Waals surface area contributed by atoms with Crippen molar-refractivity contribution in [1.82, 2.24) is 4.72 Å². The molecule has 0 saturated carbocycles. The fourth-order valence-corrected chi connectivity index (χ4v) is 3.78. The van der Waals surface area contributed by atoms with Crippen LogP contribution in [0.5, 0.6) is 5.75 Å². The summed E-state index contributed by atoms with van der Waals surface area (Å²) in [5.74, 6) is -0.403. The summed E-state index contributed by atoms with van der Waals surface area (Å²) >= 11 is 0. The summed E-state index contributed by atoms with van der Waals surface area (Å²) in [5.41, 5.74) is 0.343. The molecule has 0 fully saturated rings. The molecule has 0 aromatic heterocycles. The van der Waals surface area contributed by atoms with Crippen LogP contribution in [0.1, 0.15) is 5.56 Å². The Morgan fingerprint density at radius 2 is 1.62 bits per heavy atom. The van der Waals surface area contributed by atoms with Crippen molar-refractivity contribution in [2.75, 3.05) is 0 Å². The second kappa shape index (κ2) is 6.97. The zero-order chi connectivity index (χ0) is 18.8. The largest absolute Gasteiger partial charge is 0.573 e. The van der Waals surface area contributed by atoms with Gasteiger partial charge < -0.3 is 4.74 Å². The topological polar surface area (TPSA) is 55.4 Å². The lowest BCUT2D eigenvalue weighted by Crippen LogP contribution is -2.23. The Hall–Kier alpha value is -2.58. The quantitative estimate of drug-likeness (QED) is 0.720. The van der Waals surface area contributed by atoms with E-state index in [1.54, 1.807) is 36.4 Å². The Labute approximate surface area is 148 Å². The van der Waals surface area contributed by atoms with Crippen molar-refractivity contribution < 1.29 is 26.3 Å². The standard InChI is InChI=1S/C18H14F3NO3S/c19-18(20,21)25-15-8-3-5-13(11-15)12-22-26(23,24)17-10-4-7-14-6-1-2-9-16(14)17/h1-11,22H,12H2. The Bertz CT molecular complexity index is 1030. The van der Waals surface area contributed by atoms with Crippen molar-refractivity contribution >= 4 is 20.8 Å². The van der Waals surface area contributed by atoms with Crippen LogP contribution in [-0.4, -0.2) is 14.8 Å². The third kappa shape index (κ3) is 4.33. The first-order valence-electron chi connectivity index (χ1n) is 7.57. The molecule has 136 valence electrons. The van der Waals surface area contributed by atoms with E-state index in [1.807, 2.05) is 0 Å². The number of halogens is 3. The van der Waals surface area contributed by atoms with E-state index in [-0.39, 0.29) is 11.4 Å². The van der Waals surface area contributed by atoms with Gasteiger partial charge in [-0.15, -0.1) is 13.2 Å². The number of sulfonamides is 1. The summed E-state index contributed by atoms with van der Waals surface area (Å²) in [4.78, 5) is 0.110. The minimum absolute atomic E-state index is 0.110. The molecule has 4 nitrogen and oxygen atoms in total. The van der Waals surface area contributed by atoms with Gasteiger partial charge in [-0.3, -0.25) is 0 Å². The number of hydrogen-bond donors (Lipinski definition) is 1. The number of hydrogen-bond acceptors (Lipinski definition) is 3. The molecule has 0 atom stereocenters. The fraction of sp³-hybridized carbons (Fsp3) is 0.111. The average molecular weight is 381 g/mol. The van der Waals surface area contributed by atoms with Gasteiger partial charge in [0.1, 0.15) is 5.75 Å². The van der Waals surface area contributed by atoms with E-state index in [0.29, 0.717) is 10.9 Å². The van der Waals surface area contributed by atoms with Gasteiger partial charge in [0.15, 0.2) is 0 Å². The highest BCUT2D eigenvalue weighted by atomic mass is 32.2. The second-order valence-corrected chi connectivity index (χ2v) is 7.23. The lowest BCUT2D eigenvalue weighted by Gasteiger charge is -2.12. The van der Waals surface area contributed by atoms with Gasteiger partial charge >= 0.3 is 6.36 Å². The molecular weight excluding hydrogens is 367 g/mol. The zero-order valence-corrected chi connectivity index (χ0v) is 14.1. The first-order valence-corrected chi connectivity index (χ1v) is 9.05. The van der Waals surface area contributed by atoms with E-state index in [2.05, 4.69) is 9.46 Å². The summed E-state index contributed by atoms with van der Waals surface area (Å²) in [7, 11) is -3.85. The van der Waals surface area contributed by atoms with Gasteiger partial charge in [0.25, 0.3) is 0 Å². The number of nitrogens with one attached hydrogen (secondary N) is 1. The molecule has 3 aromatic rings. The molecule has 0 heterocycles. The first kappa shape index (κ1) is 18.2. The molecule has 0 bridgehead atoms. The highest BCUT2D eigenvalue weighted by Gasteiger charge is 2.31. The normalized spacial score (nSPS) is 12.3.